The molecule has 0 fully saturated rings. The van der Waals surface area contributed by atoms with Gasteiger partial charge in [0.1, 0.15) is 11.6 Å². The minimum Gasteiger partial charge on any atom is -0.496 e. The predicted octanol–water partition coefficient (Wildman–Crippen LogP) is 5.05. The first-order chi connectivity index (χ1) is 11.2. The van der Waals surface area contributed by atoms with Crippen LogP contribution in [0.5, 0.6) is 5.75 Å². The molecular formula is C18H16F4O2. The number of halogens is 4. The van der Waals surface area contributed by atoms with E-state index in [2.05, 4.69) is 6.58 Å². The first-order valence-corrected chi connectivity index (χ1v) is 7.03. The van der Waals surface area contributed by atoms with Crippen molar-refractivity contribution in [2.75, 3.05) is 7.11 Å². The molecule has 0 aliphatic carbocycles. The third-order valence-corrected chi connectivity index (χ3v) is 3.64. The van der Waals surface area contributed by atoms with Gasteiger partial charge in [0.15, 0.2) is 0 Å². The molecule has 1 N–H and O–H groups in total. The maximum absolute atomic E-state index is 14.0. The standard InChI is InChI=1S/C18H16F4O2/c1-10(2)14-7-15(17(24-3)8-16(14)19)13-5-4-12(18(20,21)22)6-11(13)9-23/h4-8,23H,1,9H2,2-3H3. The van der Waals surface area contributed by atoms with Gasteiger partial charge in [0.05, 0.1) is 19.3 Å². The highest BCUT2D eigenvalue weighted by atomic mass is 19.4. The maximum atomic E-state index is 14.0. The number of alkyl halides is 3. The fraction of sp³-hybridized carbons (Fsp3) is 0.222. The van der Waals surface area contributed by atoms with Crippen molar-refractivity contribution in [3.63, 3.8) is 0 Å². The van der Waals surface area contributed by atoms with Crippen molar-refractivity contribution >= 4 is 5.57 Å². The Bertz CT molecular complexity index is 779. The molecular weight excluding hydrogens is 324 g/mol. The summed E-state index contributed by atoms with van der Waals surface area (Å²) >= 11 is 0. The Hall–Kier alpha value is -2.34. The summed E-state index contributed by atoms with van der Waals surface area (Å²) in [6.45, 7) is 4.71. The normalized spacial score (nSPS) is 11.5. The highest BCUT2D eigenvalue weighted by Crippen LogP contribution is 2.38. The third kappa shape index (κ3) is 3.43. The summed E-state index contributed by atoms with van der Waals surface area (Å²) in [7, 11) is 1.33. The van der Waals surface area contributed by atoms with E-state index in [0.29, 0.717) is 16.7 Å². The largest absolute Gasteiger partial charge is 0.496 e. The van der Waals surface area contributed by atoms with Crippen LogP contribution < -0.4 is 4.74 Å². The second-order valence-corrected chi connectivity index (χ2v) is 5.34. The number of rotatable bonds is 4. The fourth-order valence-electron chi connectivity index (χ4n) is 2.43. The zero-order valence-corrected chi connectivity index (χ0v) is 13.2. The molecule has 0 saturated heterocycles. The van der Waals surface area contributed by atoms with E-state index in [1.54, 1.807) is 6.92 Å². The Labute approximate surface area is 137 Å². The number of benzene rings is 2. The molecule has 128 valence electrons. The Morgan fingerprint density at radius 1 is 1.17 bits per heavy atom. The van der Waals surface area contributed by atoms with Crippen LogP contribution in [0.3, 0.4) is 0 Å². The molecule has 24 heavy (non-hydrogen) atoms. The first kappa shape index (κ1) is 18.0. The molecule has 0 aliphatic rings. The van der Waals surface area contributed by atoms with Gasteiger partial charge in [0.25, 0.3) is 0 Å². The molecule has 6 heteroatoms. The van der Waals surface area contributed by atoms with Crippen LogP contribution in [-0.2, 0) is 12.8 Å². The number of methoxy groups -OCH3 is 1. The van der Waals surface area contributed by atoms with Crippen molar-refractivity contribution in [2.24, 2.45) is 0 Å². The number of aliphatic hydroxyl groups excluding tert-OH is 1. The van der Waals surface area contributed by atoms with Crippen LogP contribution in [0.1, 0.15) is 23.6 Å². The second kappa shape index (κ2) is 6.65. The van der Waals surface area contributed by atoms with Gasteiger partial charge in [-0.15, -0.1) is 0 Å². The molecule has 0 radical (unpaired) electrons. The van der Waals surface area contributed by atoms with Crippen LogP contribution in [0.15, 0.2) is 36.9 Å². The van der Waals surface area contributed by atoms with E-state index < -0.39 is 24.2 Å². The molecule has 0 aliphatic heterocycles. The smallest absolute Gasteiger partial charge is 0.416 e. The summed E-state index contributed by atoms with van der Waals surface area (Å²) < 4.78 is 57.7. The van der Waals surface area contributed by atoms with E-state index in [0.717, 1.165) is 18.2 Å². The van der Waals surface area contributed by atoms with Gasteiger partial charge in [0, 0.05) is 17.2 Å². The van der Waals surface area contributed by atoms with Gasteiger partial charge in [-0.3, -0.25) is 0 Å². The molecule has 0 unspecified atom stereocenters. The SMILES string of the molecule is C=C(C)c1cc(-c2ccc(C(F)(F)F)cc2CO)c(OC)cc1F. The molecule has 2 nitrogen and oxygen atoms in total. The summed E-state index contributed by atoms with van der Waals surface area (Å²) in [6.07, 6.45) is -4.52. The van der Waals surface area contributed by atoms with Crippen molar-refractivity contribution in [1.29, 1.82) is 0 Å². The predicted molar refractivity (Wildman–Crippen MR) is 84.0 cm³/mol. The number of hydrogen-bond donors (Lipinski definition) is 1. The Balaban J connectivity index is 2.71. The van der Waals surface area contributed by atoms with Crippen molar-refractivity contribution in [2.45, 2.75) is 19.7 Å². The molecule has 2 rings (SSSR count). The van der Waals surface area contributed by atoms with E-state index >= 15 is 0 Å². The van der Waals surface area contributed by atoms with Crippen LogP contribution in [0, 0.1) is 5.82 Å². The molecule has 0 aromatic heterocycles. The monoisotopic (exact) mass is 340 g/mol. The number of hydrogen-bond acceptors (Lipinski definition) is 2. The summed E-state index contributed by atoms with van der Waals surface area (Å²) in [6, 6.07) is 5.64. The lowest BCUT2D eigenvalue weighted by Crippen LogP contribution is -2.06. The van der Waals surface area contributed by atoms with Crippen molar-refractivity contribution in [3.05, 3.63) is 59.4 Å². The Kier molecular flexibility index (Phi) is 4.99. The van der Waals surface area contributed by atoms with Gasteiger partial charge in [-0.05, 0) is 41.8 Å². The average Bonchev–Trinajstić information content (AvgIpc) is 2.52. The lowest BCUT2D eigenvalue weighted by Gasteiger charge is -2.16. The van der Waals surface area contributed by atoms with Crippen LogP contribution in [0.4, 0.5) is 17.6 Å². The van der Waals surface area contributed by atoms with E-state index in [1.807, 2.05) is 0 Å². The average molecular weight is 340 g/mol. The molecule has 0 amide bonds. The van der Waals surface area contributed by atoms with Gasteiger partial charge >= 0.3 is 6.18 Å². The molecule has 0 heterocycles. The Morgan fingerprint density at radius 2 is 1.83 bits per heavy atom. The fourth-order valence-corrected chi connectivity index (χ4v) is 2.43. The Morgan fingerprint density at radius 3 is 2.33 bits per heavy atom. The van der Waals surface area contributed by atoms with Gasteiger partial charge in [-0.2, -0.15) is 13.2 Å². The quantitative estimate of drug-likeness (QED) is 0.790. The van der Waals surface area contributed by atoms with E-state index in [4.69, 9.17) is 4.74 Å². The van der Waals surface area contributed by atoms with E-state index in [1.165, 1.54) is 19.2 Å². The van der Waals surface area contributed by atoms with Crippen LogP contribution in [-0.4, -0.2) is 12.2 Å². The maximum Gasteiger partial charge on any atom is 0.416 e. The first-order valence-electron chi connectivity index (χ1n) is 7.03. The van der Waals surface area contributed by atoms with Crippen LogP contribution >= 0.6 is 0 Å². The van der Waals surface area contributed by atoms with Gasteiger partial charge in [0.2, 0.25) is 0 Å². The lowest BCUT2D eigenvalue weighted by atomic mass is 9.94. The summed E-state index contributed by atoms with van der Waals surface area (Å²) in [5.74, 6) is -0.382. The van der Waals surface area contributed by atoms with E-state index in [9.17, 15) is 22.7 Å². The van der Waals surface area contributed by atoms with Crippen molar-refractivity contribution in [3.8, 4) is 16.9 Å². The summed E-state index contributed by atoms with van der Waals surface area (Å²) in [5, 5.41) is 9.47. The molecule has 2 aromatic rings. The number of aliphatic hydroxyl groups is 1. The van der Waals surface area contributed by atoms with Crippen LogP contribution in [0.25, 0.3) is 16.7 Å². The van der Waals surface area contributed by atoms with Gasteiger partial charge in [-0.1, -0.05) is 12.6 Å². The zero-order valence-electron chi connectivity index (χ0n) is 13.2. The minimum absolute atomic E-state index is 0.0717. The zero-order chi connectivity index (χ0) is 18.1. The molecule has 2 aromatic carbocycles. The van der Waals surface area contributed by atoms with Crippen LogP contribution in [0.2, 0.25) is 0 Å². The second-order valence-electron chi connectivity index (χ2n) is 5.34. The highest BCUT2D eigenvalue weighted by Gasteiger charge is 2.31. The van der Waals surface area contributed by atoms with Crippen molar-refractivity contribution in [1.82, 2.24) is 0 Å². The highest BCUT2D eigenvalue weighted by molar-refractivity contribution is 5.78. The third-order valence-electron chi connectivity index (χ3n) is 3.64. The molecule has 0 bridgehead atoms. The summed E-state index contributed by atoms with van der Waals surface area (Å²) in [5.41, 5.74) is 0.627. The molecule has 0 atom stereocenters. The number of allylic oxidation sites excluding steroid dienone is 1. The molecule has 0 saturated carbocycles. The summed E-state index contributed by atoms with van der Waals surface area (Å²) in [4.78, 5) is 0. The van der Waals surface area contributed by atoms with Gasteiger partial charge in [-0.25, -0.2) is 4.39 Å². The lowest BCUT2D eigenvalue weighted by molar-refractivity contribution is -0.137. The number of ether oxygens (including phenoxy) is 1. The molecule has 0 spiro atoms. The minimum atomic E-state index is -4.52. The topological polar surface area (TPSA) is 29.5 Å². The van der Waals surface area contributed by atoms with Gasteiger partial charge < -0.3 is 9.84 Å². The van der Waals surface area contributed by atoms with E-state index in [-0.39, 0.29) is 16.9 Å². The van der Waals surface area contributed by atoms with Crippen molar-refractivity contribution < 1.29 is 27.4 Å².